The Morgan fingerprint density at radius 1 is 1.41 bits per heavy atom. The van der Waals surface area contributed by atoms with Gasteiger partial charge in [0.25, 0.3) is 0 Å². The van der Waals surface area contributed by atoms with E-state index in [9.17, 15) is 0 Å². The zero-order valence-electron chi connectivity index (χ0n) is 13.2. The maximum atomic E-state index is 5.96. The number of guanidine groups is 1. The van der Waals surface area contributed by atoms with E-state index in [-0.39, 0.29) is 24.0 Å². The molecule has 120 valence electrons. The normalized spacial score (nSPS) is 13.8. The third-order valence-electron chi connectivity index (χ3n) is 3.42. The summed E-state index contributed by atoms with van der Waals surface area (Å²) >= 11 is 0. The van der Waals surface area contributed by atoms with E-state index < -0.39 is 0 Å². The molecule has 4 nitrogen and oxygen atoms in total. The number of nitrogens with zero attached hydrogens (tertiary/aromatic N) is 1. The number of nitrogens with one attached hydrogen (secondary N) is 2. The Morgan fingerprint density at radius 2 is 2.18 bits per heavy atom. The highest BCUT2D eigenvalue weighted by atomic mass is 127. The van der Waals surface area contributed by atoms with E-state index in [1.807, 2.05) is 0 Å². The molecule has 0 aromatic heterocycles. The van der Waals surface area contributed by atoms with Crippen LogP contribution < -0.4 is 15.4 Å². The summed E-state index contributed by atoms with van der Waals surface area (Å²) < 4.78 is 5.96. The summed E-state index contributed by atoms with van der Waals surface area (Å²) in [5, 5.41) is 6.29. The van der Waals surface area contributed by atoms with Gasteiger partial charge < -0.3 is 15.4 Å². The van der Waals surface area contributed by atoms with E-state index in [1.165, 1.54) is 18.4 Å². The number of benzene rings is 1. The van der Waals surface area contributed by atoms with Crippen LogP contribution in [0.15, 0.2) is 23.2 Å². The van der Waals surface area contributed by atoms with Gasteiger partial charge in [-0.15, -0.1) is 30.4 Å². The lowest BCUT2D eigenvalue weighted by molar-refractivity contribution is 0.296. The highest BCUT2D eigenvalue weighted by Crippen LogP contribution is 2.30. The summed E-state index contributed by atoms with van der Waals surface area (Å²) in [6.45, 7) is 4.01. The molecule has 0 aliphatic heterocycles. The Bertz CT molecular complexity index is 547. The fourth-order valence-electron chi connectivity index (χ4n) is 1.97. The largest absolute Gasteiger partial charge is 0.493 e. The second-order valence-corrected chi connectivity index (χ2v) is 5.35. The van der Waals surface area contributed by atoms with Crippen molar-refractivity contribution in [1.29, 1.82) is 0 Å². The molecule has 5 heteroatoms. The van der Waals surface area contributed by atoms with E-state index in [1.54, 1.807) is 7.05 Å². The Hall–Kier alpha value is -1.42. The maximum absolute atomic E-state index is 5.96. The van der Waals surface area contributed by atoms with Crippen molar-refractivity contribution in [3.8, 4) is 18.1 Å². The number of aliphatic imine (C=N–C) groups is 1. The first-order chi connectivity index (χ1) is 10.2. The van der Waals surface area contributed by atoms with Gasteiger partial charge in [0.1, 0.15) is 5.75 Å². The van der Waals surface area contributed by atoms with Gasteiger partial charge in [-0.25, -0.2) is 0 Å². The van der Waals surface area contributed by atoms with Crippen molar-refractivity contribution in [2.45, 2.75) is 26.3 Å². The van der Waals surface area contributed by atoms with Crippen LogP contribution in [0.5, 0.6) is 5.75 Å². The summed E-state index contributed by atoms with van der Waals surface area (Å²) in [4.78, 5) is 4.13. The Morgan fingerprint density at radius 3 is 2.82 bits per heavy atom. The van der Waals surface area contributed by atoms with E-state index in [2.05, 4.69) is 46.7 Å². The summed E-state index contributed by atoms with van der Waals surface area (Å²) in [5.41, 5.74) is 2.34. The average molecular weight is 413 g/mol. The first kappa shape index (κ1) is 18.6. The van der Waals surface area contributed by atoms with Crippen LogP contribution in [-0.4, -0.2) is 26.2 Å². The molecule has 0 spiro atoms. The molecule has 1 aromatic carbocycles. The number of aryl methyl sites for hydroxylation is 1. The fourth-order valence-corrected chi connectivity index (χ4v) is 1.97. The number of halogens is 1. The fraction of sp³-hybridized carbons (Fsp3) is 0.471. The van der Waals surface area contributed by atoms with Gasteiger partial charge in [-0.2, -0.15) is 0 Å². The van der Waals surface area contributed by atoms with E-state index in [4.69, 9.17) is 11.2 Å². The van der Waals surface area contributed by atoms with Gasteiger partial charge in [0, 0.05) is 19.2 Å². The lowest BCUT2D eigenvalue weighted by atomic mass is 10.1. The molecule has 0 saturated heterocycles. The highest BCUT2D eigenvalue weighted by molar-refractivity contribution is 14.0. The number of hydrogen-bond donors (Lipinski definition) is 2. The molecule has 0 amide bonds. The maximum Gasteiger partial charge on any atom is 0.192 e. The Labute approximate surface area is 150 Å². The molecule has 1 aliphatic rings. The zero-order valence-corrected chi connectivity index (χ0v) is 15.5. The summed E-state index contributed by atoms with van der Waals surface area (Å²) in [6, 6.07) is 6.29. The molecule has 1 saturated carbocycles. The summed E-state index contributed by atoms with van der Waals surface area (Å²) in [5.74, 6) is 4.94. The standard InChI is InChI=1S/C17H23N3O.HI/c1-4-9-19-17(18-3)20-11-15-8-5-13(2)10-16(15)21-12-14-6-7-14;/h1,5,8,10,14H,6-7,9,11-12H2,2-3H3,(H2,18,19,20);1H. The van der Waals surface area contributed by atoms with Crippen molar-refractivity contribution in [3.63, 3.8) is 0 Å². The molecule has 0 atom stereocenters. The predicted molar refractivity (Wildman–Crippen MR) is 102 cm³/mol. The van der Waals surface area contributed by atoms with Crippen LogP contribution in [-0.2, 0) is 6.54 Å². The molecule has 0 bridgehead atoms. The smallest absolute Gasteiger partial charge is 0.192 e. The number of hydrogen-bond acceptors (Lipinski definition) is 2. The van der Waals surface area contributed by atoms with Crippen molar-refractivity contribution < 1.29 is 4.74 Å². The average Bonchev–Trinajstić information content (AvgIpc) is 3.31. The molecule has 1 fully saturated rings. The third kappa shape index (κ3) is 6.14. The van der Waals surface area contributed by atoms with Crippen molar-refractivity contribution >= 4 is 29.9 Å². The van der Waals surface area contributed by atoms with E-state index in [0.29, 0.717) is 19.0 Å². The van der Waals surface area contributed by atoms with E-state index in [0.717, 1.165) is 23.8 Å². The molecule has 0 unspecified atom stereocenters. The van der Waals surface area contributed by atoms with Gasteiger partial charge >= 0.3 is 0 Å². The summed E-state index contributed by atoms with van der Waals surface area (Å²) in [7, 11) is 1.73. The number of ether oxygens (including phenoxy) is 1. The van der Waals surface area contributed by atoms with Crippen LogP contribution in [0.4, 0.5) is 0 Å². The van der Waals surface area contributed by atoms with Gasteiger partial charge in [0.15, 0.2) is 5.96 Å². The minimum absolute atomic E-state index is 0. The van der Waals surface area contributed by atoms with Crippen LogP contribution in [0.1, 0.15) is 24.0 Å². The monoisotopic (exact) mass is 413 g/mol. The summed E-state index contributed by atoms with van der Waals surface area (Å²) in [6.07, 6.45) is 7.83. The molecular formula is C17H24IN3O. The molecule has 2 rings (SSSR count). The van der Waals surface area contributed by atoms with Gasteiger partial charge in [-0.3, -0.25) is 4.99 Å². The minimum Gasteiger partial charge on any atom is -0.493 e. The molecule has 0 radical (unpaired) electrons. The number of terminal acetylenes is 1. The lowest BCUT2D eigenvalue weighted by Crippen LogP contribution is -2.37. The first-order valence-electron chi connectivity index (χ1n) is 7.33. The minimum atomic E-state index is 0. The van der Waals surface area contributed by atoms with Gasteiger partial charge in [-0.05, 0) is 37.3 Å². The molecule has 1 aliphatic carbocycles. The molecule has 22 heavy (non-hydrogen) atoms. The topological polar surface area (TPSA) is 45.7 Å². The highest BCUT2D eigenvalue weighted by Gasteiger charge is 2.22. The SMILES string of the molecule is C#CCNC(=NC)NCc1ccc(C)cc1OCC1CC1.I. The van der Waals surface area contributed by atoms with Crippen molar-refractivity contribution in [2.24, 2.45) is 10.9 Å². The molecule has 2 N–H and O–H groups in total. The Kier molecular flexibility index (Phi) is 8.10. The van der Waals surface area contributed by atoms with Gasteiger partial charge in [0.05, 0.1) is 13.2 Å². The van der Waals surface area contributed by atoms with Crippen LogP contribution in [0.2, 0.25) is 0 Å². The molecule has 1 aromatic rings. The second-order valence-electron chi connectivity index (χ2n) is 5.35. The van der Waals surface area contributed by atoms with Crippen LogP contribution in [0.3, 0.4) is 0 Å². The van der Waals surface area contributed by atoms with Crippen molar-refractivity contribution in [1.82, 2.24) is 10.6 Å². The predicted octanol–water partition coefficient (Wildman–Crippen LogP) is 2.70. The van der Waals surface area contributed by atoms with Gasteiger partial charge in [0.2, 0.25) is 0 Å². The third-order valence-corrected chi connectivity index (χ3v) is 3.42. The van der Waals surface area contributed by atoms with Gasteiger partial charge in [-0.1, -0.05) is 18.1 Å². The lowest BCUT2D eigenvalue weighted by Gasteiger charge is -2.14. The Balaban J connectivity index is 0.00000242. The van der Waals surface area contributed by atoms with E-state index >= 15 is 0 Å². The quantitative estimate of drug-likeness (QED) is 0.326. The van der Waals surface area contributed by atoms with Crippen LogP contribution >= 0.6 is 24.0 Å². The van der Waals surface area contributed by atoms with Crippen molar-refractivity contribution in [2.75, 3.05) is 20.2 Å². The van der Waals surface area contributed by atoms with Crippen LogP contribution in [0, 0.1) is 25.2 Å². The zero-order chi connectivity index (χ0) is 15.1. The molecular weight excluding hydrogens is 389 g/mol. The molecule has 0 heterocycles. The van der Waals surface area contributed by atoms with Crippen LogP contribution in [0.25, 0.3) is 0 Å². The second kappa shape index (κ2) is 9.57. The first-order valence-corrected chi connectivity index (χ1v) is 7.33. The van der Waals surface area contributed by atoms with Crippen molar-refractivity contribution in [3.05, 3.63) is 29.3 Å². The number of rotatable bonds is 6.